The molecular formula is C16H21N5O2S. The monoisotopic (exact) mass is 347 g/mol. The molecule has 0 radical (unpaired) electrons. The molecule has 3 amide bonds. The number of hydrogen-bond acceptors (Lipinski definition) is 5. The Morgan fingerprint density at radius 1 is 1.25 bits per heavy atom. The van der Waals surface area contributed by atoms with E-state index in [2.05, 4.69) is 20.8 Å². The van der Waals surface area contributed by atoms with Crippen molar-refractivity contribution >= 4 is 23.7 Å². The minimum atomic E-state index is -0.492. The van der Waals surface area contributed by atoms with Crippen molar-refractivity contribution in [2.45, 2.75) is 37.2 Å². The van der Waals surface area contributed by atoms with Crippen molar-refractivity contribution in [2.75, 3.05) is 6.54 Å². The zero-order chi connectivity index (χ0) is 17.5. The highest BCUT2D eigenvalue weighted by molar-refractivity contribution is 8.00. The lowest BCUT2D eigenvalue weighted by Gasteiger charge is -2.17. The molecule has 0 fully saturated rings. The Morgan fingerprint density at radius 2 is 1.96 bits per heavy atom. The first kappa shape index (κ1) is 18.0. The molecule has 2 unspecified atom stereocenters. The van der Waals surface area contributed by atoms with Crippen molar-refractivity contribution in [2.24, 2.45) is 0 Å². The number of carbonyl (C=O) groups is 2. The minimum absolute atomic E-state index is 0.0438. The Labute approximate surface area is 145 Å². The maximum Gasteiger partial charge on any atom is 0.321 e. The lowest BCUT2D eigenvalue weighted by Crippen LogP contribution is -2.42. The molecule has 1 aromatic heterocycles. The Hall–Kier alpha value is -2.35. The van der Waals surface area contributed by atoms with Gasteiger partial charge >= 0.3 is 6.03 Å². The zero-order valence-corrected chi connectivity index (χ0v) is 14.7. The number of aromatic nitrogens is 3. The van der Waals surface area contributed by atoms with Crippen molar-refractivity contribution in [3.8, 4) is 0 Å². The number of hydrogen-bond donors (Lipinski definition) is 2. The van der Waals surface area contributed by atoms with Crippen LogP contribution in [-0.4, -0.2) is 38.5 Å². The van der Waals surface area contributed by atoms with E-state index in [1.54, 1.807) is 20.2 Å². The molecule has 2 aromatic rings. The number of urea groups is 1. The molecule has 8 heteroatoms. The van der Waals surface area contributed by atoms with E-state index in [4.69, 9.17) is 0 Å². The summed E-state index contributed by atoms with van der Waals surface area (Å²) in [4.78, 5) is 23.5. The summed E-state index contributed by atoms with van der Waals surface area (Å²) in [5, 5.41) is 13.0. The van der Waals surface area contributed by atoms with Crippen LogP contribution in [0.1, 0.15) is 32.4 Å². The summed E-state index contributed by atoms with van der Waals surface area (Å²) in [6, 6.07) is 9.54. The summed E-state index contributed by atoms with van der Waals surface area (Å²) < 4.78 is 1.91. The number of imide groups is 1. The number of nitrogens with one attached hydrogen (secondary N) is 2. The molecular weight excluding hydrogens is 326 g/mol. The number of amides is 3. The number of rotatable bonds is 6. The van der Waals surface area contributed by atoms with Crippen molar-refractivity contribution in [3.63, 3.8) is 0 Å². The van der Waals surface area contributed by atoms with E-state index in [-0.39, 0.29) is 11.9 Å². The summed E-state index contributed by atoms with van der Waals surface area (Å²) >= 11 is 1.27. The normalized spacial score (nSPS) is 13.1. The van der Waals surface area contributed by atoms with E-state index < -0.39 is 11.3 Å². The van der Waals surface area contributed by atoms with Crippen LogP contribution in [0.15, 0.2) is 41.8 Å². The maximum absolute atomic E-state index is 12.1. The van der Waals surface area contributed by atoms with Crippen LogP contribution in [0.4, 0.5) is 4.79 Å². The molecule has 7 nitrogen and oxygen atoms in total. The standard InChI is InChI=1S/C16H21N5O2S/c1-4-17-15(23)19-14(22)12(3)24-16-20-18-10-21(16)11(2)13-8-6-5-7-9-13/h5-12H,4H2,1-3H3,(H2,17,19,22,23). The van der Waals surface area contributed by atoms with Gasteiger partial charge in [-0.15, -0.1) is 10.2 Å². The molecule has 2 N–H and O–H groups in total. The summed E-state index contributed by atoms with van der Waals surface area (Å²) in [5.41, 5.74) is 1.12. The van der Waals surface area contributed by atoms with Crippen LogP contribution in [0, 0.1) is 0 Å². The largest absolute Gasteiger partial charge is 0.338 e. The second kappa shape index (κ2) is 8.49. The van der Waals surface area contributed by atoms with E-state index in [1.807, 2.05) is 41.8 Å². The van der Waals surface area contributed by atoms with Gasteiger partial charge < -0.3 is 9.88 Å². The molecule has 2 atom stereocenters. The maximum atomic E-state index is 12.1. The van der Waals surface area contributed by atoms with Crippen LogP contribution in [0.5, 0.6) is 0 Å². The quantitative estimate of drug-likeness (QED) is 0.782. The summed E-state index contributed by atoms with van der Waals surface area (Å²) in [5.74, 6) is -0.368. The third kappa shape index (κ3) is 4.58. The first-order chi connectivity index (χ1) is 11.5. The Balaban J connectivity index is 2.05. The molecule has 0 saturated heterocycles. The van der Waals surface area contributed by atoms with Crippen LogP contribution >= 0.6 is 11.8 Å². The first-order valence-electron chi connectivity index (χ1n) is 7.72. The molecule has 24 heavy (non-hydrogen) atoms. The first-order valence-corrected chi connectivity index (χ1v) is 8.60. The summed E-state index contributed by atoms with van der Waals surface area (Å²) in [6.45, 7) is 6.02. The highest BCUT2D eigenvalue weighted by Gasteiger charge is 2.21. The van der Waals surface area contributed by atoms with Gasteiger partial charge in [0.25, 0.3) is 0 Å². The molecule has 0 spiro atoms. The average Bonchev–Trinajstić information content (AvgIpc) is 3.03. The smallest absolute Gasteiger partial charge is 0.321 e. The zero-order valence-electron chi connectivity index (χ0n) is 13.9. The second-order valence-electron chi connectivity index (χ2n) is 5.22. The van der Waals surface area contributed by atoms with Gasteiger partial charge in [-0.25, -0.2) is 4.79 Å². The van der Waals surface area contributed by atoms with Crippen LogP contribution in [0.3, 0.4) is 0 Å². The minimum Gasteiger partial charge on any atom is -0.338 e. The highest BCUT2D eigenvalue weighted by atomic mass is 32.2. The van der Waals surface area contributed by atoms with Crippen molar-refractivity contribution in [1.82, 2.24) is 25.4 Å². The third-order valence-electron chi connectivity index (χ3n) is 3.46. The molecule has 0 aliphatic rings. The lowest BCUT2D eigenvalue weighted by molar-refractivity contribution is -0.119. The summed E-state index contributed by atoms with van der Waals surface area (Å²) in [6.07, 6.45) is 1.65. The number of carbonyl (C=O) groups excluding carboxylic acids is 2. The van der Waals surface area contributed by atoms with Gasteiger partial charge in [0.05, 0.1) is 11.3 Å². The number of benzene rings is 1. The molecule has 0 saturated carbocycles. The molecule has 0 aliphatic heterocycles. The van der Waals surface area contributed by atoms with Gasteiger partial charge in [-0.2, -0.15) is 0 Å². The van der Waals surface area contributed by atoms with Gasteiger partial charge in [0.15, 0.2) is 5.16 Å². The fraction of sp³-hybridized carbons (Fsp3) is 0.375. The molecule has 128 valence electrons. The van der Waals surface area contributed by atoms with Gasteiger partial charge in [0.1, 0.15) is 6.33 Å². The predicted molar refractivity (Wildman–Crippen MR) is 92.8 cm³/mol. The Bertz CT molecular complexity index is 689. The Kier molecular flexibility index (Phi) is 6.36. The Morgan fingerprint density at radius 3 is 2.62 bits per heavy atom. The topological polar surface area (TPSA) is 88.9 Å². The predicted octanol–water partition coefficient (Wildman–Crippen LogP) is 2.21. The number of thioether (sulfide) groups is 1. The fourth-order valence-corrected chi connectivity index (χ4v) is 3.01. The summed E-state index contributed by atoms with van der Waals surface area (Å²) in [7, 11) is 0. The van der Waals surface area contributed by atoms with Crippen molar-refractivity contribution in [3.05, 3.63) is 42.2 Å². The van der Waals surface area contributed by atoms with Gasteiger partial charge in [0, 0.05) is 6.54 Å². The molecule has 0 aliphatic carbocycles. The van der Waals surface area contributed by atoms with Crippen LogP contribution in [0.25, 0.3) is 0 Å². The lowest BCUT2D eigenvalue weighted by atomic mass is 10.1. The SMILES string of the molecule is CCNC(=O)NC(=O)C(C)Sc1nncn1C(C)c1ccccc1. The molecule has 1 heterocycles. The van der Waals surface area contributed by atoms with E-state index in [0.717, 1.165) is 5.56 Å². The van der Waals surface area contributed by atoms with E-state index in [1.165, 1.54) is 11.8 Å². The van der Waals surface area contributed by atoms with Crippen LogP contribution in [0.2, 0.25) is 0 Å². The molecule has 0 bridgehead atoms. The van der Waals surface area contributed by atoms with Crippen LogP contribution < -0.4 is 10.6 Å². The average molecular weight is 347 g/mol. The van der Waals surface area contributed by atoms with Crippen LogP contribution in [-0.2, 0) is 4.79 Å². The van der Waals surface area contributed by atoms with E-state index in [0.29, 0.717) is 11.7 Å². The van der Waals surface area contributed by atoms with Gasteiger partial charge in [-0.1, -0.05) is 42.1 Å². The van der Waals surface area contributed by atoms with Gasteiger partial charge in [-0.3, -0.25) is 10.1 Å². The molecule has 2 rings (SSSR count). The van der Waals surface area contributed by atoms with Crippen molar-refractivity contribution in [1.29, 1.82) is 0 Å². The van der Waals surface area contributed by atoms with E-state index >= 15 is 0 Å². The highest BCUT2D eigenvalue weighted by Crippen LogP contribution is 2.26. The molecule has 1 aromatic carbocycles. The third-order valence-corrected chi connectivity index (χ3v) is 4.54. The van der Waals surface area contributed by atoms with E-state index in [9.17, 15) is 9.59 Å². The number of nitrogens with zero attached hydrogens (tertiary/aromatic N) is 3. The van der Waals surface area contributed by atoms with Crippen molar-refractivity contribution < 1.29 is 9.59 Å². The second-order valence-corrected chi connectivity index (χ2v) is 6.52. The van der Waals surface area contributed by atoms with Gasteiger partial charge in [-0.05, 0) is 26.3 Å². The fourth-order valence-electron chi connectivity index (χ4n) is 2.10. The van der Waals surface area contributed by atoms with Gasteiger partial charge in [0.2, 0.25) is 5.91 Å².